The largest absolute Gasteiger partial charge is 0.485 e. The molecule has 0 bridgehead atoms. The Labute approximate surface area is 166 Å². The molecule has 0 radical (unpaired) electrons. The van der Waals surface area contributed by atoms with Gasteiger partial charge in [0, 0.05) is 30.9 Å². The van der Waals surface area contributed by atoms with Crippen LogP contribution in [0, 0.1) is 0 Å². The summed E-state index contributed by atoms with van der Waals surface area (Å²) in [6.07, 6.45) is 4.08. The number of aliphatic imine (C=N–C) groups is 1. The van der Waals surface area contributed by atoms with Crippen molar-refractivity contribution in [3.8, 4) is 22.6 Å². The van der Waals surface area contributed by atoms with Crippen LogP contribution in [0.25, 0.3) is 11.1 Å². The van der Waals surface area contributed by atoms with Gasteiger partial charge in [-0.05, 0) is 34.9 Å². The minimum absolute atomic E-state index is 0.244. The van der Waals surface area contributed by atoms with Gasteiger partial charge in [-0.3, -0.25) is 9.98 Å². The molecule has 0 aliphatic carbocycles. The van der Waals surface area contributed by atoms with E-state index in [1.54, 1.807) is 24.5 Å². The molecule has 1 unspecified atom stereocenters. The zero-order valence-electron chi connectivity index (χ0n) is 14.2. The Morgan fingerprint density at radius 1 is 0.889 bits per heavy atom. The second kappa shape index (κ2) is 6.55. The quantitative estimate of drug-likeness (QED) is 0.572. The summed E-state index contributed by atoms with van der Waals surface area (Å²) < 4.78 is 11.9. The van der Waals surface area contributed by atoms with Crippen LogP contribution in [-0.2, 0) is 6.42 Å². The van der Waals surface area contributed by atoms with Gasteiger partial charge in [0.05, 0.1) is 21.4 Å². The third-order valence-corrected chi connectivity index (χ3v) is 5.47. The number of pyridine rings is 1. The number of benzene rings is 2. The van der Waals surface area contributed by atoms with E-state index in [0.717, 1.165) is 28.9 Å². The van der Waals surface area contributed by atoms with Gasteiger partial charge < -0.3 is 9.47 Å². The van der Waals surface area contributed by atoms with Crippen LogP contribution < -0.4 is 9.47 Å². The van der Waals surface area contributed by atoms with Crippen molar-refractivity contribution in [2.75, 3.05) is 6.61 Å². The maximum absolute atomic E-state index is 6.10. The number of hydrogen-bond acceptors (Lipinski definition) is 4. The first-order chi connectivity index (χ1) is 13.2. The highest BCUT2D eigenvalue weighted by molar-refractivity contribution is 6.42. The van der Waals surface area contributed by atoms with Crippen LogP contribution >= 0.6 is 23.2 Å². The number of aromatic nitrogens is 1. The van der Waals surface area contributed by atoms with Crippen LogP contribution in [0.1, 0.15) is 5.56 Å². The van der Waals surface area contributed by atoms with Crippen molar-refractivity contribution in [2.24, 2.45) is 4.99 Å². The van der Waals surface area contributed by atoms with Gasteiger partial charge in [-0.1, -0.05) is 35.3 Å². The predicted molar refractivity (Wildman–Crippen MR) is 107 cm³/mol. The topological polar surface area (TPSA) is 43.7 Å². The zero-order chi connectivity index (χ0) is 18.4. The lowest BCUT2D eigenvalue weighted by Crippen LogP contribution is -2.36. The maximum atomic E-state index is 6.10. The molecule has 5 rings (SSSR count). The summed E-state index contributed by atoms with van der Waals surface area (Å²) >= 11 is 12.1. The van der Waals surface area contributed by atoms with Crippen molar-refractivity contribution in [1.29, 1.82) is 0 Å². The van der Waals surface area contributed by atoms with Crippen molar-refractivity contribution in [1.82, 2.24) is 4.98 Å². The van der Waals surface area contributed by atoms with E-state index in [2.05, 4.69) is 23.2 Å². The van der Waals surface area contributed by atoms with Crippen molar-refractivity contribution < 1.29 is 9.47 Å². The highest BCUT2D eigenvalue weighted by Crippen LogP contribution is 2.40. The Morgan fingerprint density at radius 3 is 2.48 bits per heavy atom. The molecule has 27 heavy (non-hydrogen) atoms. The summed E-state index contributed by atoms with van der Waals surface area (Å²) in [6, 6.07) is 13.7. The molecule has 0 saturated carbocycles. The minimum atomic E-state index is -0.244. The van der Waals surface area contributed by atoms with Crippen LogP contribution in [0.2, 0.25) is 10.0 Å². The molecule has 1 aromatic heterocycles. The summed E-state index contributed by atoms with van der Waals surface area (Å²) in [7, 11) is 0. The molecule has 1 atom stereocenters. The van der Waals surface area contributed by atoms with Crippen molar-refractivity contribution >= 4 is 34.6 Å². The molecule has 3 heterocycles. The standard InChI is InChI=1S/C21H14Cl2N2O2/c22-15-9-19-20(10-16(15)23)27-21(11-26-19)18-8-14-2-1-13(7-17(14)25-18)12-3-5-24-6-4-12/h1-7,9-10,21H,8,11H2. The van der Waals surface area contributed by atoms with Crippen molar-refractivity contribution in [3.63, 3.8) is 0 Å². The molecule has 0 N–H and O–H groups in total. The van der Waals surface area contributed by atoms with E-state index >= 15 is 0 Å². The number of halogens is 2. The van der Waals surface area contributed by atoms with E-state index in [4.69, 9.17) is 37.7 Å². The summed E-state index contributed by atoms with van der Waals surface area (Å²) in [4.78, 5) is 8.88. The first-order valence-corrected chi connectivity index (χ1v) is 9.32. The van der Waals surface area contributed by atoms with Gasteiger partial charge in [0.1, 0.15) is 6.61 Å². The summed E-state index contributed by atoms with van der Waals surface area (Å²) in [6.45, 7) is 0.398. The number of fused-ring (bicyclic) bond motifs is 2. The van der Waals surface area contributed by atoms with Gasteiger partial charge in [-0.15, -0.1) is 0 Å². The van der Waals surface area contributed by atoms with E-state index in [-0.39, 0.29) is 6.10 Å². The number of hydrogen-bond donors (Lipinski definition) is 0. The van der Waals surface area contributed by atoms with Crippen LogP contribution in [0.5, 0.6) is 11.5 Å². The van der Waals surface area contributed by atoms with E-state index < -0.39 is 0 Å². The minimum Gasteiger partial charge on any atom is -0.485 e. The van der Waals surface area contributed by atoms with Crippen molar-refractivity contribution in [2.45, 2.75) is 12.5 Å². The highest BCUT2D eigenvalue weighted by Gasteiger charge is 2.30. The van der Waals surface area contributed by atoms with Crippen LogP contribution in [-0.4, -0.2) is 23.4 Å². The van der Waals surface area contributed by atoms with E-state index in [1.165, 1.54) is 5.56 Å². The Kier molecular flexibility index (Phi) is 4.03. The molecule has 2 aliphatic heterocycles. The average Bonchev–Trinajstić information content (AvgIpc) is 3.12. The van der Waals surface area contributed by atoms with Gasteiger partial charge >= 0.3 is 0 Å². The van der Waals surface area contributed by atoms with Crippen LogP contribution in [0.4, 0.5) is 5.69 Å². The second-order valence-electron chi connectivity index (χ2n) is 6.49. The van der Waals surface area contributed by atoms with Gasteiger partial charge in [0.25, 0.3) is 0 Å². The monoisotopic (exact) mass is 396 g/mol. The maximum Gasteiger partial charge on any atom is 0.171 e. The molecule has 2 aromatic carbocycles. The van der Waals surface area contributed by atoms with Crippen LogP contribution in [0.3, 0.4) is 0 Å². The summed E-state index contributed by atoms with van der Waals surface area (Å²) in [5.74, 6) is 1.20. The van der Waals surface area contributed by atoms with Gasteiger partial charge in [-0.2, -0.15) is 0 Å². The fourth-order valence-corrected chi connectivity index (χ4v) is 3.66. The predicted octanol–water partition coefficient (Wildman–Crippen LogP) is 5.52. The lowest BCUT2D eigenvalue weighted by Gasteiger charge is -2.27. The molecule has 0 spiro atoms. The molecule has 134 valence electrons. The molecule has 0 saturated heterocycles. The number of nitrogens with zero attached hydrogens (tertiary/aromatic N) is 2. The SMILES string of the molecule is Clc1cc2c(cc1Cl)OC(C1=Nc3cc(-c4ccncc4)ccc3C1)CO2. The molecule has 4 nitrogen and oxygen atoms in total. The lowest BCUT2D eigenvalue weighted by molar-refractivity contribution is 0.134. The molecular formula is C21H14Cl2N2O2. The zero-order valence-corrected chi connectivity index (χ0v) is 15.7. The van der Waals surface area contributed by atoms with Crippen LogP contribution in [0.15, 0.2) is 59.9 Å². The normalized spacial score (nSPS) is 17.4. The molecule has 2 aliphatic rings. The molecule has 0 fully saturated rings. The molecule has 0 amide bonds. The number of rotatable bonds is 2. The van der Waals surface area contributed by atoms with Gasteiger partial charge in [0.2, 0.25) is 0 Å². The first-order valence-electron chi connectivity index (χ1n) is 8.56. The van der Waals surface area contributed by atoms with Gasteiger partial charge in [0.15, 0.2) is 17.6 Å². The van der Waals surface area contributed by atoms with E-state index in [9.17, 15) is 0 Å². The van der Waals surface area contributed by atoms with Gasteiger partial charge in [-0.25, -0.2) is 0 Å². The first kappa shape index (κ1) is 16.6. The Morgan fingerprint density at radius 2 is 1.67 bits per heavy atom. The second-order valence-corrected chi connectivity index (χ2v) is 7.30. The Hall–Kier alpha value is -2.56. The third-order valence-electron chi connectivity index (χ3n) is 4.75. The fourth-order valence-electron chi connectivity index (χ4n) is 3.35. The third kappa shape index (κ3) is 3.05. The summed E-state index contributed by atoms with van der Waals surface area (Å²) in [5.41, 5.74) is 5.35. The highest BCUT2D eigenvalue weighted by atomic mass is 35.5. The summed E-state index contributed by atoms with van der Waals surface area (Å²) in [5, 5.41) is 0.894. The van der Waals surface area contributed by atoms with Crippen molar-refractivity contribution in [3.05, 3.63) is 70.5 Å². The average molecular weight is 397 g/mol. The van der Waals surface area contributed by atoms with E-state index in [1.807, 2.05) is 12.1 Å². The Balaban J connectivity index is 1.42. The molecular weight excluding hydrogens is 383 g/mol. The van der Waals surface area contributed by atoms with E-state index in [0.29, 0.717) is 28.2 Å². The Bertz CT molecular complexity index is 1070. The lowest BCUT2D eigenvalue weighted by atomic mass is 10.0. The fraction of sp³-hybridized carbons (Fsp3) is 0.143. The molecule has 3 aromatic rings. The molecule has 6 heteroatoms. The smallest absolute Gasteiger partial charge is 0.171 e. The number of ether oxygens (including phenoxy) is 2.